The van der Waals surface area contributed by atoms with Crippen LogP contribution >= 0.6 is 0 Å². The number of aromatic amines is 1. The summed E-state index contributed by atoms with van der Waals surface area (Å²) in [4.78, 5) is 14.8. The summed E-state index contributed by atoms with van der Waals surface area (Å²) < 4.78 is 34.9. The molecule has 0 aliphatic carbocycles. The number of carbonyl (C=O) groups excluding carboxylic acids is 1. The first-order valence-electron chi connectivity index (χ1n) is 7.14. The Morgan fingerprint density at radius 1 is 1.33 bits per heavy atom. The lowest BCUT2D eigenvalue weighted by Gasteiger charge is -2.13. The van der Waals surface area contributed by atoms with Crippen molar-refractivity contribution in [1.82, 2.24) is 15.2 Å². The summed E-state index contributed by atoms with van der Waals surface area (Å²) in [7, 11) is 1.29. The van der Waals surface area contributed by atoms with Crippen molar-refractivity contribution in [2.75, 3.05) is 19.0 Å². The second-order valence-electron chi connectivity index (χ2n) is 5.12. The highest BCUT2D eigenvalue weighted by Crippen LogP contribution is 2.25. The first-order valence-corrected chi connectivity index (χ1v) is 7.14. The third kappa shape index (κ3) is 4.40. The van der Waals surface area contributed by atoms with Gasteiger partial charge < -0.3 is 14.8 Å². The molecule has 9 heteroatoms. The number of nitrogens with zero attached hydrogens (tertiary/aromatic N) is 2. The highest BCUT2D eigenvalue weighted by molar-refractivity contribution is 5.71. The molecule has 0 aliphatic rings. The molecular weight excluding hydrogens is 322 g/mol. The Morgan fingerprint density at radius 2 is 2.00 bits per heavy atom. The van der Waals surface area contributed by atoms with Crippen LogP contribution in [0.4, 0.5) is 14.7 Å². The monoisotopic (exact) mass is 340 g/mol. The number of esters is 1. The first-order chi connectivity index (χ1) is 11.4. The topological polar surface area (TPSA) is 89.1 Å². The van der Waals surface area contributed by atoms with E-state index in [4.69, 9.17) is 4.74 Å². The summed E-state index contributed by atoms with van der Waals surface area (Å²) in [5, 5.41) is 8.71. The maximum Gasteiger partial charge on any atom is 0.343 e. The molecule has 0 aliphatic heterocycles. The maximum absolute atomic E-state index is 12.4. The number of rotatable bonds is 7. The molecule has 2 N–H and O–H groups in total. The molecule has 0 fully saturated rings. The molecule has 0 atom stereocenters. The smallest absolute Gasteiger partial charge is 0.343 e. The molecule has 0 saturated heterocycles. The van der Waals surface area contributed by atoms with Crippen molar-refractivity contribution < 1.29 is 23.0 Å². The van der Waals surface area contributed by atoms with E-state index in [1.54, 1.807) is 0 Å². The van der Waals surface area contributed by atoms with E-state index in [0.29, 0.717) is 12.3 Å². The van der Waals surface area contributed by atoms with E-state index >= 15 is 0 Å². The Labute approximate surface area is 137 Å². The van der Waals surface area contributed by atoms with E-state index in [0.717, 1.165) is 16.7 Å². The Hall–Kier alpha value is -2.71. The fourth-order valence-corrected chi connectivity index (χ4v) is 2.19. The highest BCUT2D eigenvalue weighted by atomic mass is 19.3. The number of carbonyl (C=O) groups is 1. The summed E-state index contributed by atoms with van der Waals surface area (Å²) in [6, 6.07) is 3.74. The zero-order chi connectivity index (χ0) is 17.7. The van der Waals surface area contributed by atoms with Crippen LogP contribution in [0.3, 0.4) is 0 Å². The van der Waals surface area contributed by atoms with Crippen LogP contribution in [-0.4, -0.2) is 34.9 Å². The van der Waals surface area contributed by atoms with Crippen molar-refractivity contribution in [3.05, 3.63) is 34.6 Å². The van der Waals surface area contributed by atoms with Gasteiger partial charge in [0.2, 0.25) is 5.95 Å². The summed E-state index contributed by atoms with van der Waals surface area (Å²) in [6.45, 7) is 3.90. The van der Waals surface area contributed by atoms with E-state index < -0.39 is 18.2 Å². The molecule has 2 rings (SSSR count). The van der Waals surface area contributed by atoms with Gasteiger partial charge in [0.25, 0.3) is 6.43 Å². The van der Waals surface area contributed by atoms with Crippen LogP contribution in [-0.2, 0) is 16.1 Å². The van der Waals surface area contributed by atoms with Crippen LogP contribution in [0.15, 0.2) is 12.1 Å². The van der Waals surface area contributed by atoms with Gasteiger partial charge in [0.1, 0.15) is 5.75 Å². The van der Waals surface area contributed by atoms with Gasteiger partial charge in [-0.3, -0.25) is 5.10 Å². The molecule has 1 aromatic carbocycles. The number of anilines is 1. The van der Waals surface area contributed by atoms with Crippen LogP contribution in [0.5, 0.6) is 5.75 Å². The average Bonchev–Trinajstić information content (AvgIpc) is 3.01. The zero-order valence-corrected chi connectivity index (χ0v) is 13.5. The molecule has 2 aromatic rings. The van der Waals surface area contributed by atoms with Crippen LogP contribution in [0.1, 0.15) is 28.9 Å². The minimum absolute atomic E-state index is 0.103. The fourth-order valence-electron chi connectivity index (χ4n) is 2.19. The second kappa shape index (κ2) is 7.71. The summed E-state index contributed by atoms with van der Waals surface area (Å²) in [5.74, 6) is -0.218. The number of methoxy groups -OCH3 is 1. The Kier molecular flexibility index (Phi) is 5.67. The molecule has 0 bridgehead atoms. The van der Waals surface area contributed by atoms with E-state index in [1.807, 2.05) is 26.0 Å². The Balaban J connectivity index is 2.02. The molecule has 0 saturated carbocycles. The largest absolute Gasteiger partial charge is 0.481 e. The third-order valence-electron chi connectivity index (χ3n) is 3.24. The van der Waals surface area contributed by atoms with Crippen molar-refractivity contribution in [3.8, 4) is 5.75 Å². The van der Waals surface area contributed by atoms with E-state index in [1.165, 1.54) is 7.11 Å². The number of halogens is 2. The predicted molar refractivity (Wildman–Crippen MR) is 82.1 cm³/mol. The number of alkyl halides is 2. The van der Waals surface area contributed by atoms with Crippen molar-refractivity contribution in [2.24, 2.45) is 0 Å². The quantitative estimate of drug-likeness (QED) is 0.753. The molecule has 24 heavy (non-hydrogen) atoms. The van der Waals surface area contributed by atoms with Crippen molar-refractivity contribution in [2.45, 2.75) is 26.8 Å². The van der Waals surface area contributed by atoms with Gasteiger partial charge in [0.15, 0.2) is 12.4 Å². The maximum atomic E-state index is 12.4. The lowest BCUT2D eigenvalue weighted by molar-refractivity contribution is -0.142. The molecule has 130 valence electrons. The molecule has 0 unspecified atom stereocenters. The molecule has 1 heterocycles. The van der Waals surface area contributed by atoms with E-state index in [-0.39, 0.29) is 12.6 Å². The number of aromatic nitrogens is 3. The minimum Gasteiger partial charge on any atom is -0.481 e. The van der Waals surface area contributed by atoms with E-state index in [9.17, 15) is 13.6 Å². The van der Waals surface area contributed by atoms with Crippen LogP contribution in [0.2, 0.25) is 0 Å². The lowest BCUT2D eigenvalue weighted by Crippen LogP contribution is -2.14. The number of ether oxygens (including phenoxy) is 2. The summed E-state index contributed by atoms with van der Waals surface area (Å²) in [5.41, 5.74) is 2.59. The van der Waals surface area contributed by atoms with Crippen LogP contribution in [0, 0.1) is 13.8 Å². The first kappa shape index (κ1) is 17.6. The van der Waals surface area contributed by atoms with Gasteiger partial charge in [0.05, 0.1) is 7.11 Å². The van der Waals surface area contributed by atoms with Crippen molar-refractivity contribution in [1.29, 1.82) is 0 Å². The molecule has 0 amide bonds. The number of H-pyrrole nitrogens is 1. The molecule has 1 aromatic heterocycles. The van der Waals surface area contributed by atoms with Gasteiger partial charge in [-0.2, -0.15) is 4.98 Å². The van der Waals surface area contributed by atoms with Crippen molar-refractivity contribution in [3.63, 3.8) is 0 Å². The Bertz CT molecular complexity index is 695. The van der Waals surface area contributed by atoms with Gasteiger partial charge in [-0.1, -0.05) is 12.1 Å². The van der Waals surface area contributed by atoms with E-state index in [2.05, 4.69) is 25.2 Å². The van der Waals surface area contributed by atoms with Crippen LogP contribution in [0.25, 0.3) is 0 Å². The minimum atomic E-state index is -2.69. The fraction of sp³-hybridized carbons (Fsp3) is 0.400. The number of hydrogen-bond donors (Lipinski definition) is 2. The standard InChI is InChI=1S/C15H18F2N4O3/c1-8-4-10(5-9(2)12(8)24-7-11(22)23-3)6-18-15-19-14(13(16)17)20-21-15/h4-5,13H,6-7H2,1-3H3,(H2,18,19,20,21). The van der Waals surface area contributed by atoms with Gasteiger partial charge in [0, 0.05) is 6.54 Å². The SMILES string of the molecule is COC(=O)COc1c(C)cc(CNc2n[nH]c(C(F)F)n2)cc1C. The normalized spacial score (nSPS) is 10.8. The molecule has 0 radical (unpaired) electrons. The third-order valence-corrected chi connectivity index (χ3v) is 3.24. The van der Waals surface area contributed by atoms with Gasteiger partial charge in [-0.25, -0.2) is 13.6 Å². The molecule has 7 nitrogen and oxygen atoms in total. The van der Waals surface area contributed by atoms with Gasteiger partial charge in [-0.05, 0) is 30.5 Å². The Morgan fingerprint density at radius 3 is 2.54 bits per heavy atom. The molecule has 0 spiro atoms. The summed E-state index contributed by atoms with van der Waals surface area (Å²) in [6.07, 6.45) is -2.69. The zero-order valence-electron chi connectivity index (χ0n) is 13.5. The average molecular weight is 340 g/mol. The number of aryl methyl sites for hydroxylation is 2. The number of nitrogens with one attached hydrogen (secondary N) is 2. The van der Waals surface area contributed by atoms with Gasteiger partial charge in [-0.15, -0.1) is 5.10 Å². The highest BCUT2D eigenvalue weighted by Gasteiger charge is 2.13. The predicted octanol–water partition coefficient (Wildman–Crippen LogP) is 2.52. The number of benzene rings is 1. The molecular formula is C15H18F2N4O3. The number of hydrogen-bond acceptors (Lipinski definition) is 6. The summed E-state index contributed by atoms with van der Waals surface area (Å²) >= 11 is 0. The second-order valence-corrected chi connectivity index (χ2v) is 5.12. The van der Waals surface area contributed by atoms with Crippen LogP contribution < -0.4 is 10.1 Å². The van der Waals surface area contributed by atoms with Gasteiger partial charge >= 0.3 is 5.97 Å². The van der Waals surface area contributed by atoms with Crippen molar-refractivity contribution >= 4 is 11.9 Å². The lowest BCUT2D eigenvalue weighted by atomic mass is 10.1.